The maximum absolute atomic E-state index is 12.6. The average molecular weight is 530 g/mol. The van der Waals surface area contributed by atoms with Crippen molar-refractivity contribution >= 4 is 16.0 Å². The first kappa shape index (κ1) is 28.3. The smallest absolute Gasteiger partial charge is 0.266 e. The molecule has 0 aromatic rings. The van der Waals surface area contributed by atoms with Crippen LogP contribution in [0.5, 0.6) is 0 Å². The van der Waals surface area contributed by atoms with E-state index in [1.165, 1.54) is 4.90 Å². The Labute approximate surface area is 216 Å². The third kappa shape index (κ3) is 4.99. The first-order chi connectivity index (χ1) is 16.7. The summed E-state index contributed by atoms with van der Waals surface area (Å²) in [6.45, 7) is 6.66. The highest BCUT2D eigenvalue weighted by atomic mass is 32.2. The Morgan fingerprint density at radius 2 is 1.75 bits per heavy atom. The molecular weight excluding hydrogens is 482 g/mol. The zero-order valence-corrected chi connectivity index (χ0v) is 23.2. The summed E-state index contributed by atoms with van der Waals surface area (Å²) >= 11 is 0. The SMILES string of the molecule is C[C@H](CCC(=O)N(C)CCS(=O)(=O)O)[C@H]1CCC2C3C(C[C@H](O)[C@@]21C)[C@@]1(C)CC[C@@H](O)CC1C[C@H]3O. The van der Waals surface area contributed by atoms with E-state index in [-0.39, 0.29) is 59.0 Å². The van der Waals surface area contributed by atoms with E-state index in [2.05, 4.69) is 20.8 Å². The average Bonchev–Trinajstić information content (AvgIpc) is 3.15. The van der Waals surface area contributed by atoms with Crippen LogP contribution in [0, 0.1) is 46.3 Å². The van der Waals surface area contributed by atoms with Crippen LogP contribution in [0.25, 0.3) is 0 Å². The zero-order valence-electron chi connectivity index (χ0n) is 22.3. The van der Waals surface area contributed by atoms with Gasteiger partial charge in [-0.1, -0.05) is 20.8 Å². The standard InChI is InChI=1S/C27H47NO7S/c1-16(5-8-24(32)28(4)11-12-36(33,34)35)19-6-7-20-25-21(15-23(31)27(19,20)3)26(2)10-9-18(29)13-17(26)14-22(25)30/h16-23,25,29-31H,5-15H2,1-4H3,(H,33,34,35)/t16-,17?,18-,19-,20?,21?,22-,23+,25?,26+,27-/m1/s1. The van der Waals surface area contributed by atoms with E-state index in [9.17, 15) is 28.5 Å². The molecule has 9 heteroatoms. The Morgan fingerprint density at radius 1 is 1.06 bits per heavy atom. The lowest BCUT2D eigenvalue weighted by Gasteiger charge is -2.63. The Hall–Kier alpha value is -0.740. The second-order valence-corrected chi connectivity index (χ2v) is 14.7. The first-order valence-corrected chi connectivity index (χ1v) is 15.5. The summed E-state index contributed by atoms with van der Waals surface area (Å²) in [6, 6.07) is 0. The zero-order chi connectivity index (χ0) is 26.6. The van der Waals surface area contributed by atoms with Gasteiger partial charge < -0.3 is 20.2 Å². The fourth-order valence-corrected chi connectivity index (χ4v) is 9.76. The summed E-state index contributed by atoms with van der Waals surface area (Å²) in [5.41, 5.74) is -0.257. The van der Waals surface area contributed by atoms with Gasteiger partial charge in [0.05, 0.1) is 24.1 Å². The molecule has 36 heavy (non-hydrogen) atoms. The van der Waals surface area contributed by atoms with Crippen molar-refractivity contribution in [3.05, 3.63) is 0 Å². The van der Waals surface area contributed by atoms with Gasteiger partial charge >= 0.3 is 0 Å². The third-order valence-electron chi connectivity index (χ3n) is 11.4. The molecule has 0 aromatic carbocycles. The lowest BCUT2D eigenvalue weighted by Crippen LogP contribution is -2.62. The van der Waals surface area contributed by atoms with Gasteiger partial charge in [0.2, 0.25) is 5.91 Å². The fraction of sp³-hybridized carbons (Fsp3) is 0.963. The predicted molar refractivity (Wildman–Crippen MR) is 136 cm³/mol. The minimum atomic E-state index is -4.11. The molecule has 4 fully saturated rings. The van der Waals surface area contributed by atoms with E-state index in [1.807, 2.05) is 0 Å². The van der Waals surface area contributed by atoms with Crippen molar-refractivity contribution < 1.29 is 33.1 Å². The third-order valence-corrected chi connectivity index (χ3v) is 12.1. The number of amides is 1. The number of nitrogens with zero attached hydrogens (tertiary/aromatic N) is 1. The Kier molecular flexibility index (Phi) is 7.93. The summed E-state index contributed by atoms with van der Waals surface area (Å²) in [4.78, 5) is 13.9. The van der Waals surface area contributed by atoms with Crippen molar-refractivity contribution in [3.8, 4) is 0 Å². The van der Waals surface area contributed by atoms with Crippen molar-refractivity contribution in [1.29, 1.82) is 0 Å². The maximum atomic E-state index is 12.6. The fourth-order valence-electron chi connectivity index (χ4n) is 9.25. The van der Waals surface area contributed by atoms with Gasteiger partial charge in [0.15, 0.2) is 0 Å². The Morgan fingerprint density at radius 3 is 2.42 bits per heavy atom. The molecule has 4 aliphatic carbocycles. The van der Waals surface area contributed by atoms with Crippen LogP contribution >= 0.6 is 0 Å². The molecule has 0 bridgehead atoms. The molecule has 4 rings (SSSR count). The second kappa shape index (κ2) is 10.1. The van der Waals surface area contributed by atoms with E-state index in [1.54, 1.807) is 7.05 Å². The van der Waals surface area contributed by atoms with Gasteiger partial charge in [-0.2, -0.15) is 8.42 Å². The summed E-state index contributed by atoms with van der Waals surface area (Å²) in [6.07, 6.45) is 5.71. The molecule has 4 N–H and O–H groups in total. The number of aliphatic hydroxyl groups is 3. The molecule has 11 atom stereocenters. The molecule has 0 radical (unpaired) electrons. The number of hydrogen-bond donors (Lipinski definition) is 4. The van der Waals surface area contributed by atoms with Gasteiger partial charge in [-0.25, -0.2) is 0 Å². The van der Waals surface area contributed by atoms with Gasteiger partial charge in [-0.05, 0) is 97.7 Å². The van der Waals surface area contributed by atoms with Gasteiger partial charge in [0, 0.05) is 20.0 Å². The molecule has 4 saturated carbocycles. The molecule has 1 amide bonds. The summed E-state index contributed by atoms with van der Waals surface area (Å²) in [7, 11) is -2.55. The second-order valence-electron chi connectivity index (χ2n) is 13.1. The number of carbonyl (C=O) groups is 1. The molecule has 208 valence electrons. The molecule has 0 aromatic heterocycles. The quantitative estimate of drug-likeness (QED) is 0.372. The number of hydrogen-bond acceptors (Lipinski definition) is 6. The normalized spacial score (nSPS) is 45.3. The molecule has 0 aliphatic heterocycles. The minimum absolute atomic E-state index is 0.0360. The van der Waals surface area contributed by atoms with Crippen molar-refractivity contribution in [1.82, 2.24) is 4.90 Å². The summed E-state index contributed by atoms with van der Waals surface area (Å²) in [5.74, 6) is 0.817. The van der Waals surface area contributed by atoms with E-state index < -0.39 is 28.1 Å². The number of aliphatic hydroxyl groups excluding tert-OH is 3. The van der Waals surface area contributed by atoms with Crippen LogP contribution in [0.2, 0.25) is 0 Å². The van der Waals surface area contributed by atoms with Crippen molar-refractivity contribution in [2.75, 3.05) is 19.3 Å². The van der Waals surface area contributed by atoms with Crippen molar-refractivity contribution in [2.45, 2.75) is 96.9 Å². The van der Waals surface area contributed by atoms with Gasteiger partial charge in [0.1, 0.15) is 0 Å². The van der Waals surface area contributed by atoms with Gasteiger partial charge in [-0.15, -0.1) is 0 Å². The molecule has 4 unspecified atom stereocenters. The molecule has 8 nitrogen and oxygen atoms in total. The minimum Gasteiger partial charge on any atom is -0.393 e. The van der Waals surface area contributed by atoms with Crippen LogP contribution in [-0.4, -0.2) is 76.8 Å². The van der Waals surface area contributed by atoms with E-state index in [4.69, 9.17) is 4.55 Å². The lowest BCUT2D eigenvalue weighted by atomic mass is 9.43. The summed E-state index contributed by atoms with van der Waals surface area (Å²) in [5, 5.41) is 33.3. The molecule has 4 aliphatic rings. The number of rotatable bonds is 7. The largest absolute Gasteiger partial charge is 0.393 e. The Bertz CT molecular complexity index is 927. The van der Waals surface area contributed by atoms with E-state index in [0.29, 0.717) is 25.2 Å². The highest BCUT2D eigenvalue weighted by Gasteiger charge is 2.65. The van der Waals surface area contributed by atoms with Crippen molar-refractivity contribution in [2.24, 2.45) is 46.3 Å². The topological polar surface area (TPSA) is 135 Å². The predicted octanol–water partition coefficient (Wildman–Crippen LogP) is 2.71. The van der Waals surface area contributed by atoms with Gasteiger partial charge in [0.25, 0.3) is 10.1 Å². The highest BCUT2D eigenvalue weighted by molar-refractivity contribution is 7.85. The summed E-state index contributed by atoms with van der Waals surface area (Å²) < 4.78 is 30.9. The van der Waals surface area contributed by atoms with Gasteiger partial charge in [-0.3, -0.25) is 9.35 Å². The maximum Gasteiger partial charge on any atom is 0.266 e. The van der Waals surface area contributed by atoms with E-state index >= 15 is 0 Å². The van der Waals surface area contributed by atoms with E-state index in [0.717, 1.165) is 38.5 Å². The monoisotopic (exact) mass is 529 g/mol. The molecule has 0 heterocycles. The van der Waals surface area contributed by atoms with Crippen LogP contribution in [0.3, 0.4) is 0 Å². The van der Waals surface area contributed by atoms with Crippen molar-refractivity contribution in [3.63, 3.8) is 0 Å². The van der Waals surface area contributed by atoms with Crippen LogP contribution < -0.4 is 0 Å². The number of fused-ring (bicyclic) bond motifs is 5. The van der Waals surface area contributed by atoms with Crippen LogP contribution in [0.15, 0.2) is 0 Å². The van der Waals surface area contributed by atoms with Crippen LogP contribution in [-0.2, 0) is 14.9 Å². The highest BCUT2D eigenvalue weighted by Crippen LogP contribution is 2.68. The molecule has 0 spiro atoms. The lowest BCUT2D eigenvalue weighted by molar-refractivity contribution is -0.207. The molecule has 0 saturated heterocycles. The number of carbonyl (C=O) groups excluding carboxylic acids is 1. The van der Waals surface area contributed by atoms with Crippen LogP contribution in [0.1, 0.15) is 78.6 Å². The Balaban J connectivity index is 1.44. The first-order valence-electron chi connectivity index (χ1n) is 13.9. The van der Waals surface area contributed by atoms with Crippen LogP contribution in [0.4, 0.5) is 0 Å². The molecular formula is C27H47NO7S.